The predicted octanol–water partition coefficient (Wildman–Crippen LogP) is 2.20. The molecule has 1 saturated heterocycles. The molecule has 2 heterocycles. The maximum Gasteiger partial charge on any atom is 0.228 e. The fourth-order valence-electron chi connectivity index (χ4n) is 2.04. The average Bonchev–Trinajstić information content (AvgIpc) is 2.92. The second-order valence-corrected chi connectivity index (χ2v) is 4.82. The number of nitrogens with one attached hydrogen (secondary N) is 1. The Bertz CT molecular complexity index is 487. The Morgan fingerprint density at radius 1 is 1.72 bits per heavy atom. The highest BCUT2D eigenvalue weighted by Crippen LogP contribution is 2.25. The molecule has 2 rings (SSSR count). The van der Waals surface area contributed by atoms with Gasteiger partial charge in [0.1, 0.15) is 0 Å². The first-order chi connectivity index (χ1) is 8.61. The molecule has 0 aliphatic carbocycles. The number of anilines is 1. The fraction of sp³-hybridized carbons (Fsp3) is 0.636. The van der Waals surface area contributed by atoms with Crippen molar-refractivity contribution in [3.8, 4) is 0 Å². The molecule has 1 fully saturated rings. The van der Waals surface area contributed by atoms with Crippen molar-refractivity contribution in [1.29, 1.82) is 0 Å². The van der Waals surface area contributed by atoms with E-state index in [2.05, 4.69) is 34.1 Å². The number of aromatic nitrogens is 2. The van der Waals surface area contributed by atoms with Crippen molar-refractivity contribution in [3.63, 3.8) is 0 Å². The molecule has 1 aromatic heterocycles. The topological polar surface area (TPSA) is 97.8 Å². The molecular formula is C11H16N6O. The summed E-state index contributed by atoms with van der Waals surface area (Å²) in [6.45, 7) is 5.06. The molecule has 0 saturated carbocycles. The first-order valence-electron chi connectivity index (χ1n) is 5.98. The molecule has 1 atom stereocenters. The van der Waals surface area contributed by atoms with Crippen molar-refractivity contribution >= 4 is 11.7 Å². The highest BCUT2D eigenvalue weighted by molar-refractivity contribution is 5.94. The van der Waals surface area contributed by atoms with Crippen LogP contribution in [0.3, 0.4) is 0 Å². The Kier molecular flexibility index (Phi) is 3.53. The molecule has 0 aromatic carbocycles. The summed E-state index contributed by atoms with van der Waals surface area (Å²) in [5, 5.41) is 10.6. The van der Waals surface area contributed by atoms with Crippen molar-refractivity contribution in [2.45, 2.75) is 26.2 Å². The van der Waals surface area contributed by atoms with Gasteiger partial charge in [0, 0.05) is 36.2 Å². The van der Waals surface area contributed by atoms with Crippen LogP contribution >= 0.6 is 0 Å². The maximum absolute atomic E-state index is 11.9. The Morgan fingerprint density at radius 3 is 3.11 bits per heavy atom. The molecule has 1 aliphatic rings. The van der Waals surface area contributed by atoms with Crippen LogP contribution in [-0.4, -0.2) is 29.2 Å². The summed E-state index contributed by atoms with van der Waals surface area (Å²) in [5.74, 6) is 1.14. The molecule has 1 N–H and O–H groups in total. The van der Waals surface area contributed by atoms with Crippen LogP contribution in [0.2, 0.25) is 0 Å². The van der Waals surface area contributed by atoms with Crippen molar-refractivity contribution in [1.82, 2.24) is 10.2 Å². The van der Waals surface area contributed by atoms with Crippen molar-refractivity contribution < 1.29 is 4.79 Å². The summed E-state index contributed by atoms with van der Waals surface area (Å²) in [7, 11) is 0. The minimum Gasteiger partial charge on any atom is -0.295 e. The van der Waals surface area contributed by atoms with Gasteiger partial charge >= 0.3 is 0 Å². The first kappa shape index (κ1) is 12.4. The van der Waals surface area contributed by atoms with Crippen molar-refractivity contribution in [2.24, 2.45) is 11.0 Å². The van der Waals surface area contributed by atoms with Crippen LogP contribution in [0.5, 0.6) is 0 Å². The molecule has 1 amide bonds. The normalized spacial score (nSPS) is 19.4. The minimum absolute atomic E-state index is 0.0370. The van der Waals surface area contributed by atoms with E-state index in [9.17, 15) is 4.79 Å². The molecule has 0 radical (unpaired) electrons. The highest BCUT2D eigenvalue weighted by Gasteiger charge is 2.31. The third-order valence-electron chi connectivity index (χ3n) is 3.09. The van der Waals surface area contributed by atoms with E-state index in [4.69, 9.17) is 5.53 Å². The average molecular weight is 248 g/mol. The Labute approximate surface area is 105 Å². The zero-order valence-electron chi connectivity index (χ0n) is 10.5. The first-order valence-corrected chi connectivity index (χ1v) is 5.98. The standard InChI is InChI=1S/C11H16N6O/c1-7(2)9-4-10(15-14-9)17-6-8(3-11(17)18)5-13-16-12/h4,7-8H,3,5-6H2,1-2H3,(H,14,15). The van der Waals surface area contributed by atoms with Gasteiger partial charge in [0.05, 0.1) is 0 Å². The summed E-state index contributed by atoms with van der Waals surface area (Å²) < 4.78 is 0. The molecule has 7 heteroatoms. The Morgan fingerprint density at radius 2 is 2.50 bits per heavy atom. The second-order valence-electron chi connectivity index (χ2n) is 4.82. The number of hydrogen-bond acceptors (Lipinski definition) is 3. The number of amides is 1. The van der Waals surface area contributed by atoms with Gasteiger partial charge in [0.25, 0.3) is 0 Å². The molecule has 96 valence electrons. The molecule has 1 unspecified atom stereocenters. The van der Waals surface area contributed by atoms with Gasteiger partial charge in [-0.25, -0.2) is 0 Å². The van der Waals surface area contributed by atoms with Crippen LogP contribution < -0.4 is 4.90 Å². The van der Waals surface area contributed by atoms with Crippen LogP contribution in [-0.2, 0) is 4.79 Å². The number of carbonyl (C=O) groups is 1. The minimum atomic E-state index is 0.0370. The van der Waals surface area contributed by atoms with E-state index >= 15 is 0 Å². The SMILES string of the molecule is CC(C)c1cc(N2CC(CN=[N+]=[N-])CC2=O)n[nH]1. The van der Waals surface area contributed by atoms with Gasteiger partial charge in [0.2, 0.25) is 5.91 Å². The number of hydrogen-bond donors (Lipinski definition) is 1. The van der Waals surface area contributed by atoms with E-state index in [1.165, 1.54) is 0 Å². The van der Waals surface area contributed by atoms with E-state index in [0.717, 1.165) is 5.69 Å². The zero-order chi connectivity index (χ0) is 13.1. The van der Waals surface area contributed by atoms with Gasteiger partial charge < -0.3 is 0 Å². The summed E-state index contributed by atoms with van der Waals surface area (Å²) >= 11 is 0. The highest BCUT2D eigenvalue weighted by atomic mass is 16.2. The van der Waals surface area contributed by atoms with E-state index < -0.39 is 0 Å². The number of aromatic amines is 1. The molecule has 0 bridgehead atoms. The lowest BCUT2D eigenvalue weighted by atomic mass is 10.1. The van der Waals surface area contributed by atoms with Crippen LogP contribution in [0.1, 0.15) is 31.9 Å². The third kappa shape index (κ3) is 2.46. The second kappa shape index (κ2) is 5.10. The van der Waals surface area contributed by atoms with Gasteiger partial charge in [-0.3, -0.25) is 14.8 Å². The lowest BCUT2D eigenvalue weighted by Crippen LogP contribution is -2.25. The summed E-state index contributed by atoms with van der Waals surface area (Å²) in [4.78, 5) is 16.2. The van der Waals surface area contributed by atoms with Gasteiger partial charge in [0.15, 0.2) is 5.82 Å². The molecule has 0 spiro atoms. The van der Waals surface area contributed by atoms with E-state index in [-0.39, 0.29) is 11.8 Å². The van der Waals surface area contributed by atoms with Crippen LogP contribution in [0.4, 0.5) is 5.82 Å². The van der Waals surface area contributed by atoms with E-state index in [0.29, 0.717) is 31.2 Å². The molecule has 1 aliphatic heterocycles. The van der Waals surface area contributed by atoms with Crippen molar-refractivity contribution in [3.05, 3.63) is 22.2 Å². The molecule has 7 nitrogen and oxygen atoms in total. The Hall–Kier alpha value is -2.01. The number of nitrogens with zero attached hydrogens (tertiary/aromatic N) is 5. The molecule has 1 aromatic rings. The molecular weight excluding hydrogens is 232 g/mol. The zero-order valence-corrected chi connectivity index (χ0v) is 10.5. The number of rotatable bonds is 4. The maximum atomic E-state index is 11.9. The van der Waals surface area contributed by atoms with Gasteiger partial charge in [-0.15, -0.1) is 0 Å². The fourth-order valence-corrected chi connectivity index (χ4v) is 2.04. The summed E-state index contributed by atoms with van der Waals surface area (Å²) in [6, 6.07) is 1.90. The smallest absolute Gasteiger partial charge is 0.228 e. The third-order valence-corrected chi connectivity index (χ3v) is 3.09. The quantitative estimate of drug-likeness (QED) is 0.502. The van der Waals surface area contributed by atoms with E-state index in [1.807, 2.05) is 6.07 Å². The summed E-state index contributed by atoms with van der Waals surface area (Å²) in [6.07, 6.45) is 0.420. The monoisotopic (exact) mass is 248 g/mol. The molecule has 18 heavy (non-hydrogen) atoms. The van der Waals surface area contributed by atoms with E-state index in [1.54, 1.807) is 4.90 Å². The Balaban J connectivity index is 2.08. The number of carbonyl (C=O) groups excluding carboxylic acids is 1. The predicted molar refractivity (Wildman–Crippen MR) is 67.1 cm³/mol. The van der Waals surface area contributed by atoms with Gasteiger partial charge in [-0.05, 0) is 17.4 Å². The lowest BCUT2D eigenvalue weighted by Gasteiger charge is -2.12. The van der Waals surface area contributed by atoms with Gasteiger partial charge in [-0.1, -0.05) is 19.0 Å². The van der Waals surface area contributed by atoms with Crippen LogP contribution in [0.15, 0.2) is 11.2 Å². The number of H-pyrrole nitrogens is 1. The largest absolute Gasteiger partial charge is 0.295 e. The van der Waals surface area contributed by atoms with Gasteiger partial charge in [-0.2, -0.15) is 5.10 Å². The van der Waals surface area contributed by atoms with Crippen LogP contribution in [0.25, 0.3) is 10.4 Å². The van der Waals surface area contributed by atoms with Crippen LogP contribution in [0, 0.1) is 5.92 Å². The lowest BCUT2D eigenvalue weighted by molar-refractivity contribution is -0.117. The van der Waals surface area contributed by atoms with Crippen molar-refractivity contribution in [2.75, 3.05) is 18.0 Å². The summed E-state index contributed by atoms with van der Waals surface area (Å²) in [5.41, 5.74) is 9.29. The number of azide groups is 1.